The summed E-state index contributed by atoms with van der Waals surface area (Å²) in [5.41, 5.74) is 2.20. The summed E-state index contributed by atoms with van der Waals surface area (Å²) in [7, 11) is 2.16. The number of rotatable bonds is 6. The highest BCUT2D eigenvalue weighted by Crippen LogP contribution is 2.34. The van der Waals surface area contributed by atoms with Crippen LogP contribution in [-0.2, 0) is 5.41 Å². The lowest BCUT2D eigenvalue weighted by molar-refractivity contribution is 0.183. The maximum absolute atomic E-state index is 12.7. The van der Waals surface area contributed by atoms with Crippen LogP contribution in [0, 0.1) is 6.92 Å². The Morgan fingerprint density at radius 3 is 2.57 bits per heavy atom. The van der Waals surface area contributed by atoms with Gasteiger partial charge in [0.15, 0.2) is 0 Å². The van der Waals surface area contributed by atoms with E-state index >= 15 is 0 Å². The third-order valence-corrected chi connectivity index (χ3v) is 6.03. The normalized spacial score (nSPS) is 17.9. The van der Waals surface area contributed by atoms with Gasteiger partial charge in [-0.2, -0.15) is 5.10 Å². The van der Waals surface area contributed by atoms with Crippen molar-refractivity contribution in [2.75, 3.05) is 32.0 Å². The van der Waals surface area contributed by atoms with Crippen molar-refractivity contribution in [1.29, 1.82) is 0 Å². The Kier molecular flexibility index (Phi) is 6.39. The minimum absolute atomic E-state index is 0.0159. The van der Waals surface area contributed by atoms with Gasteiger partial charge in [0.2, 0.25) is 0 Å². The summed E-state index contributed by atoms with van der Waals surface area (Å²) in [5.74, 6) is 0.751. The fourth-order valence-electron chi connectivity index (χ4n) is 3.93. The van der Waals surface area contributed by atoms with E-state index in [4.69, 9.17) is 0 Å². The number of piperidine rings is 1. The highest BCUT2D eigenvalue weighted by Gasteiger charge is 2.35. The third-order valence-electron chi connectivity index (χ3n) is 6.03. The largest absolute Gasteiger partial charge is 0.337 e. The third kappa shape index (κ3) is 4.55. The van der Waals surface area contributed by atoms with Crippen LogP contribution in [-0.4, -0.2) is 47.4 Å². The number of aromatic nitrogens is 2. The molecule has 28 heavy (non-hydrogen) atoms. The minimum atomic E-state index is -0.168. The fourth-order valence-corrected chi connectivity index (χ4v) is 3.93. The molecule has 2 heterocycles. The number of carbonyl (C=O) groups is 1. The first-order valence-corrected chi connectivity index (χ1v) is 10.3. The summed E-state index contributed by atoms with van der Waals surface area (Å²) in [6.45, 7) is 8.89. The topological polar surface area (TPSA) is 62.2 Å². The lowest BCUT2D eigenvalue weighted by Crippen LogP contribution is -2.48. The molecule has 152 valence electrons. The van der Waals surface area contributed by atoms with Gasteiger partial charge in [0.25, 0.3) is 0 Å². The van der Waals surface area contributed by atoms with Crippen LogP contribution in [0.3, 0.4) is 0 Å². The summed E-state index contributed by atoms with van der Waals surface area (Å²) in [4.78, 5) is 15.0. The molecular weight excluding hydrogens is 350 g/mol. The van der Waals surface area contributed by atoms with Crippen molar-refractivity contribution < 1.29 is 4.79 Å². The maximum Gasteiger partial charge on any atom is 0.320 e. The predicted octanol–water partition coefficient (Wildman–Crippen LogP) is 3.95. The Balaban J connectivity index is 1.70. The van der Waals surface area contributed by atoms with Crippen molar-refractivity contribution in [3.05, 3.63) is 47.7 Å². The average Bonchev–Trinajstić information content (AvgIpc) is 3.08. The molecule has 3 rings (SSSR count). The Hall–Kier alpha value is -2.34. The standard InChI is InChI=1S/C22H33N5O/c1-5-18(3)27-20(15-17(2)25-27)24-21(28)23-16-22(11-13-26(4)14-12-22)19-9-7-6-8-10-19/h6-10,15,18H,5,11-14,16H2,1-4H3,(H2,23,24,28)/t18-/m0/s1. The van der Waals surface area contributed by atoms with Gasteiger partial charge in [-0.05, 0) is 58.8 Å². The van der Waals surface area contributed by atoms with Crippen molar-refractivity contribution in [3.8, 4) is 0 Å². The molecule has 0 radical (unpaired) electrons. The SMILES string of the molecule is CC[C@H](C)n1nc(C)cc1NC(=O)NCC1(c2ccccc2)CCN(C)CC1. The van der Waals surface area contributed by atoms with E-state index in [-0.39, 0.29) is 17.5 Å². The molecule has 1 atom stereocenters. The molecule has 0 aliphatic carbocycles. The van der Waals surface area contributed by atoms with Crippen LogP contribution >= 0.6 is 0 Å². The molecule has 1 aliphatic rings. The molecule has 0 bridgehead atoms. The number of hydrogen-bond acceptors (Lipinski definition) is 3. The second kappa shape index (κ2) is 8.78. The van der Waals surface area contributed by atoms with Crippen molar-refractivity contribution in [1.82, 2.24) is 20.0 Å². The first-order chi connectivity index (χ1) is 13.4. The van der Waals surface area contributed by atoms with E-state index in [9.17, 15) is 4.79 Å². The zero-order valence-corrected chi connectivity index (χ0v) is 17.5. The molecule has 6 nitrogen and oxygen atoms in total. The van der Waals surface area contributed by atoms with Crippen molar-refractivity contribution >= 4 is 11.8 Å². The molecule has 2 N–H and O–H groups in total. The van der Waals surface area contributed by atoms with Crippen LogP contribution in [0.1, 0.15) is 50.4 Å². The summed E-state index contributed by atoms with van der Waals surface area (Å²) in [5, 5.41) is 10.7. The number of nitrogens with zero attached hydrogens (tertiary/aromatic N) is 3. The zero-order valence-electron chi connectivity index (χ0n) is 17.5. The molecule has 2 aromatic rings. The van der Waals surface area contributed by atoms with E-state index in [0.29, 0.717) is 6.54 Å². The van der Waals surface area contributed by atoms with E-state index < -0.39 is 0 Å². The van der Waals surface area contributed by atoms with Crippen LogP contribution in [0.2, 0.25) is 0 Å². The quantitative estimate of drug-likeness (QED) is 0.794. The second-order valence-corrected chi connectivity index (χ2v) is 8.13. The number of hydrogen-bond donors (Lipinski definition) is 2. The number of anilines is 1. The van der Waals surface area contributed by atoms with Crippen LogP contribution in [0.25, 0.3) is 0 Å². The first kappa shape index (κ1) is 20.4. The number of carbonyl (C=O) groups excluding carboxylic acids is 1. The van der Waals surface area contributed by atoms with Gasteiger partial charge in [-0.15, -0.1) is 0 Å². The summed E-state index contributed by atoms with van der Waals surface area (Å²) >= 11 is 0. The van der Waals surface area contributed by atoms with Gasteiger partial charge in [-0.25, -0.2) is 9.48 Å². The van der Waals surface area contributed by atoms with Crippen LogP contribution in [0.15, 0.2) is 36.4 Å². The highest BCUT2D eigenvalue weighted by atomic mass is 16.2. The summed E-state index contributed by atoms with van der Waals surface area (Å²) in [6, 6.07) is 12.6. The number of nitrogens with one attached hydrogen (secondary N) is 2. The molecule has 6 heteroatoms. The van der Waals surface area contributed by atoms with Crippen molar-refractivity contribution in [2.24, 2.45) is 0 Å². The molecule has 1 aromatic carbocycles. The van der Waals surface area contributed by atoms with Gasteiger partial charge >= 0.3 is 6.03 Å². The molecule has 1 aromatic heterocycles. The molecule has 0 saturated carbocycles. The van der Waals surface area contributed by atoms with Gasteiger partial charge in [-0.1, -0.05) is 37.3 Å². The summed E-state index contributed by atoms with van der Waals surface area (Å²) in [6.07, 6.45) is 3.04. The maximum atomic E-state index is 12.7. The van der Waals surface area contributed by atoms with E-state index in [0.717, 1.165) is 43.9 Å². The van der Waals surface area contributed by atoms with Crippen molar-refractivity contribution in [3.63, 3.8) is 0 Å². The smallest absolute Gasteiger partial charge is 0.320 e. The monoisotopic (exact) mass is 383 g/mol. The highest BCUT2D eigenvalue weighted by molar-refractivity contribution is 5.88. The van der Waals surface area contributed by atoms with Crippen LogP contribution in [0.5, 0.6) is 0 Å². The molecular formula is C22H33N5O. The van der Waals surface area contributed by atoms with Gasteiger partial charge in [0.05, 0.1) is 11.7 Å². The van der Waals surface area contributed by atoms with E-state index in [1.807, 2.05) is 23.7 Å². The Morgan fingerprint density at radius 1 is 1.25 bits per heavy atom. The van der Waals surface area contributed by atoms with Crippen LogP contribution < -0.4 is 10.6 Å². The van der Waals surface area contributed by atoms with E-state index in [1.165, 1.54) is 5.56 Å². The number of benzene rings is 1. The molecule has 1 fully saturated rings. The molecule has 0 spiro atoms. The van der Waals surface area contributed by atoms with E-state index in [2.05, 4.69) is 65.8 Å². The Labute approximate surface area is 168 Å². The van der Waals surface area contributed by atoms with Gasteiger partial charge in [-0.3, -0.25) is 5.32 Å². The summed E-state index contributed by atoms with van der Waals surface area (Å²) < 4.78 is 1.90. The Bertz CT molecular complexity index is 777. The fraction of sp³-hybridized carbons (Fsp3) is 0.545. The van der Waals surface area contributed by atoms with Crippen LogP contribution in [0.4, 0.5) is 10.6 Å². The minimum Gasteiger partial charge on any atom is -0.337 e. The second-order valence-electron chi connectivity index (χ2n) is 8.13. The molecule has 1 saturated heterocycles. The van der Waals surface area contributed by atoms with Gasteiger partial charge < -0.3 is 10.2 Å². The number of likely N-dealkylation sites (tertiary alicyclic amines) is 1. The number of aryl methyl sites for hydroxylation is 1. The van der Waals surface area contributed by atoms with Gasteiger partial charge in [0.1, 0.15) is 5.82 Å². The Morgan fingerprint density at radius 2 is 1.93 bits per heavy atom. The number of urea groups is 1. The molecule has 1 aliphatic heterocycles. The average molecular weight is 384 g/mol. The van der Waals surface area contributed by atoms with Gasteiger partial charge in [0, 0.05) is 18.0 Å². The lowest BCUT2D eigenvalue weighted by Gasteiger charge is -2.41. The number of amides is 2. The predicted molar refractivity (Wildman–Crippen MR) is 114 cm³/mol. The first-order valence-electron chi connectivity index (χ1n) is 10.3. The van der Waals surface area contributed by atoms with Crippen molar-refractivity contribution in [2.45, 2.75) is 51.5 Å². The molecule has 2 amide bonds. The zero-order chi connectivity index (χ0) is 20.1. The van der Waals surface area contributed by atoms with E-state index in [1.54, 1.807) is 0 Å². The molecule has 0 unspecified atom stereocenters. The lowest BCUT2D eigenvalue weighted by atomic mass is 9.72.